The van der Waals surface area contributed by atoms with Gasteiger partial charge in [0.15, 0.2) is 5.17 Å². The number of fused-ring (bicyclic) bond motifs is 1. The van der Waals surface area contributed by atoms with Crippen molar-refractivity contribution < 1.29 is 14.3 Å². The van der Waals surface area contributed by atoms with E-state index < -0.39 is 12.0 Å². The van der Waals surface area contributed by atoms with E-state index >= 15 is 0 Å². The number of benzene rings is 1. The summed E-state index contributed by atoms with van der Waals surface area (Å²) in [4.78, 5) is 30.9. The fraction of sp³-hybridized carbons (Fsp3) is 0.312. The predicted molar refractivity (Wildman–Crippen MR) is 93.0 cm³/mol. The zero-order chi connectivity index (χ0) is 16.6. The van der Waals surface area contributed by atoms with Crippen LogP contribution in [0.1, 0.15) is 24.9 Å². The molecule has 5 nitrogen and oxygen atoms in total. The smallest absolute Gasteiger partial charge is 0.338 e. The monoisotopic (exact) mass is 394 g/mol. The number of esters is 1. The molecule has 23 heavy (non-hydrogen) atoms. The average Bonchev–Trinajstić information content (AvgIpc) is 2.54. The molecule has 0 aromatic heterocycles. The van der Waals surface area contributed by atoms with Crippen LogP contribution in [0.5, 0.6) is 0 Å². The predicted octanol–water partition coefficient (Wildman–Crippen LogP) is 3.27. The van der Waals surface area contributed by atoms with Gasteiger partial charge in [0.1, 0.15) is 0 Å². The van der Waals surface area contributed by atoms with Gasteiger partial charge in [-0.1, -0.05) is 45.9 Å². The SMILES string of the molecule is COC(=O)C1=C(C)N=C2SCCC(=O)N2[C@@H]1c1ccccc1Br. The molecule has 0 spiro atoms. The molecule has 1 fully saturated rings. The van der Waals surface area contributed by atoms with Gasteiger partial charge in [-0.25, -0.2) is 9.79 Å². The van der Waals surface area contributed by atoms with Gasteiger partial charge in [-0.2, -0.15) is 0 Å². The Morgan fingerprint density at radius 1 is 1.43 bits per heavy atom. The highest BCUT2D eigenvalue weighted by Gasteiger charge is 2.42. The maximum absolute atomic E-state index is 12.5. The number of amidine groups is 1. The Morgan fingerprint density at radius 2 is 2.17 bits per heavy atom. The van der Waals surface area contributed by atoms with E-state index in [0.717, 1.165) is 10.0 Å². The van der Waals surface area contributed by atoms with E-state index in [0.29, 0.717) is 28.6 Å². The molecule has 1 amide bonds. The summed E-state index contributed by atoms with van der Waals surface area (Å²) in [7, 11) is 1.34. The van der Waals surface area contributed by atoms with Crippen LogP contribution in [0.25, 0.3) is 0 Å². The lowest BCUT2D eigenvalue weighted by molar-refractivity contribution is -0.137. The normalized spacial score (nSPS) is 21.0. The molecule has 0 radical (unpaired) electrons. The number of nitrogens with zero attached hydrogens (tertiary/aromatic N) is 2. The first-order chi connectivity index (χ1) is 11.0. The van der Waals surface area contributed by atoms with Gasteiger partial charge in [-0.05, 0) is 18.6 Å². The van der Waals surface area contributed by atoms with Gasteiger partial charge < -0.3 is 4.74 Å². The minimum atomic E-state index is -0.522. The summed E-state index contributed by atoms with van der Waals surface area (Å²) in [5.41, 5.74) is 1.83. The van der Waals surface area contributed by atoms with Crippen molar-refractivity contribution in [1.82, 2.24) is 4.90 Å². The lowest BCUT2D eigenvalue weighted by Gasteiger charge is -2.39. The van der Waals surface area contributed by atoms with Gasteiger partial charge in [-0.3, -0.25) is 9.69 Å². The van der Waals surface area contributed by atoms with Gasteiger partial charge in [-0.15, -0.1) is 0 Å². The second-order valence-electron chi connectivity index (χ2n) is 5.17. The molecule has 1 saturated heterocycles. The second kappa shape index (κ2) is 6.49. The Balaban J connectivity index is 2.22. The van der Waals surface area contributed by atoms with Crippen molar-refractivity contribution in [3.63, 3.8) is 0 Å². The number of hydrogen-bond acceptors (Lipinski definition) is 5. The van der Waals surface area contributed by atoms with E-state index in [2.05, 4.69) is 20.9 Å². The van der Waals surface area contributed by atoms with Gasteiger partial charge in [0, 0.05) is 16.6 Å². The molecule has 2 heterocycles. The molecule has 1 aromatic carbocycles. The first-order valence-corrected chi connectivity index (χ1v) is 8.89. The number of thioether (sulfide) groups is 1. The molecule has 0 bridgehead atoms. The van der Waals surface area contributed by atoms with Crippen LogP contribution in [-0.4, -0.2) is 34.8 Å². The standard InChI is InChI=1S/C16H15BrN2O3S/c1-9-13(15(21)22-2)14(10-5-3-4-6-11(10)17)19-12(20)7-8-23-16(19)18-9/h3-6,14H,7-8H2,1-2H3/t14-/m1/s1. The van der Waals surface area contributed by atoms with Crippen LogP contribution in [0, 0.1) is 0 Å². The van der Waals surface area contributed by atoms with Crippen molar-refractivity contribution >= 4 is 44.7 Å². The third-order valence-electron chi connectivity index (χ3n) is 3.81. The minimum absolute atomic E-state index is 0.0304. The van der Waals surface area contributed by atoms with Gasteiger partial charge in [0.2, 0.25) is 5.91 Å². The number of aliphatic imine (C=N–C) groups is 1. The molecule has 0 saturated carbocycles. The Kier molecular flexibility index (Phi) is 4.59. The molecule has 1 aromatic rings. The summed E-state index contributed by atoms with van der Waals surface area (Å²) < 4.78 is 5.78. The number of carbonyl (C=O) groups excluding carboxylic acids is 2. The average molecular weight is 395 g/mol. The maximum atomic E-state index is 12.5. The van der Waals surface area contributed by atoms with Crippen molar-refractivity contribution in [3.05, 3.63) is 45.6 Å². The highest BCUT2D eigenvalue weighted by molar-refractivity contribution is 9.10. The molecule has 1 atom stereocenters. The second-order valence-corrected chi connectivity index (χ2v) is 7.09. The topological polar surface area (TPSA) is 59.0 Å². The number of carbonyl (C=O) groups is 2. The largest absolute Gasteiger partial charge is 0.466 e. The van der Waals surface area contributed by atoms with E-state index in [9.17, 15) is 9.59 Å². The summed E-state index contributed by atoms with van der Waals surface area (Å²) in [5, 5.41) is 0.646. The molecular formula is C16H15BrN2O3S. The summed E-state index contributed by atoms with van der Waals surface area (Å²) in [6.07, 6.45) is 0.429. The molecule has 0 aliphatic carbocycles. The fourth-order valence-corrected chi connectivity index (χ4v) is 4.27. The van der Waals surface area contributed by atoms with Crippen molar-refractivity contribution in [2.45, 2.75) is 19.4 Å². The number of methoxy groups -OCH3 is 1. The first-order valence-electron chi connectivity index (χ1n) is 7.11. The van der Waals surface area contributed by atoms with Crippen molar-refractivity contribution in [2.24, 2.45) is 4.99 Å². The molecule has 120 valence electrons. The molecule has 7 heteroatoms. The number of hydrogen-bond donors (Lipinski definition) is 0. The Bertz CT molecular complexity index is 745. The number of rotatable bonds is 2. The zero-order valence-electron chi connectivity index (χ0n) is 12.7. The molecule has 3 rings (SSSR count). The quantitative estimate of drug-likeness (QED) is 0.722. The third-order valence-corrected chi connectivity index (χ3v) is 5.49. The number of halogens is 1. The van der Waals surface area contributed by atoms with Crippen molar-refractivity contribution in [2.75, 3.05) is 12.9 Å². The maximum Gasteiger partial charge on any atom is 0.338 e. The zero-order valence-corrected chi connectivity index (χ0v) is 15.1. The van der Waals surface area contributed by atoms with Gasteiger partial charge >= 0.3 is 5.97 Å². The van der Waals surface area contributed by atoms with Crippen LogP contribution in [0.3, 0.4) is 0 Å². The van der Waals surface area contributed by atoms with Crippen LogP contribution in [0.2, 0.25) is 0 Å². The highest BCUT2D eigenvalue weighted by atomic mass is 79.9. The first kappa shape index (κ1) is 16.3. The fourth-order valence-electron chi connectivity index (χ4n) is 2.76. The lowest BCUT2D eigenvalue weighted by Crippen LogP contribution is -2.45. The molecular weight excluding hydrogens is 380 g/mol. The molecule has 2 aliphatic heterocycles. The van der Waals surface area contributed by atoms with E-state index in [1.807, 2.05) is 24.3 Å². The third kappa shape index (κ3) is 2.83. The van der Waals surface area contributed by atoms with E-state index in [4.69, 9.17) is 4.74 Å². The molecule has 2 aliphatic rings. The highest BCUT2D eigenvalue weighted by Crippen LogP contribution is 2.42. The summed E-state index contributed by atoms with van der Waals surface area (Å²) >= 11 is 5.06. The number of amides is 1. The Labute approximate surface area is 146 Å². The lowest BCUT2D eigenvalue weighted by atomic mass is 9.94. The molecule has 0 N–H and O–H groups in total. The van der Waals surface area contributed by atoms with Crippen LogP contribution < -0.4 is 0 Å². The van der Waals surface area contributed by atoms with Crippen LogP contribution in [-0.2, 0) is 14.3 Å². The van der Waals surface area contributed by atoms with Crippen molar-refractivity contribution in [3.8, 4) is 0 Å². The van der Waals surface area contributed by atoms with E-state index in [1.54, 1.807) is 11.8 Å². The summed E-state index contributed by atoms with van der Waals surface area (Å²) in [6.45, 7) is 1.78. The van der Waals surface area contributed by atoms with Crippen molar-refractivity contribution in [1.29, 1.82) is 0 Å². The van der Waals surface area contributed by atoms with Gasteiger partial charge in [0.05, 0.1) is 24.4 Å². The summed E-state index contributed by atoms with van der Waals surface area (Å²) in [6, 6.07) is 7.06. The van der Waals surface area contributed by atoms with E-state index in [1.165, 1.54) is 18.9 Å². The molecule has 0 unspecified atom stereocenters. The van der Waals surface area contributed by atoms with E-state index in [-0.39, 0.29) is 5.91 Å². The number of allylic oxidation sites excluding steroid dienone is 1. The number of ether oxygens (including phenoxy) is 1. The Hall–Kier alpha value is -1.60. The van der Waals surface area contributed by atoms with Crippen LogP contribution >= 0.6 is 27.7 Å². The van der Waals surface area contributed by atoms with Crippen LogP contribution in [0.15, 0.2) is 45.0 Å². The van der Waals surface area contributed by atoms with Gasteiger partial charge in [0.25, 0.3) is 0 Å². The summed E-state index contributed by atoms with van der Waals surface area (Å²) in [5.74, 6) is 0.212. The van der Waals surface area contributed by atoms with Crippen LogP contribution in [0.4, 0.5) is 0 Å². The Morgan fingerprint density at radius 3 is 2.87 bits per heavy atom. The minimum Gasteiger partial charge on any atom is -0.466 e.